The van der Waals surface area contributed by atoms with Crippen molar-refractivity contribution in [2.45, 2.75) is 6.92 Å². The average molecular weight is 140 g/mol. The fourth-order valence-electron chi connectivity index (χ4n) is 0.533. The Morgan fingerprint density at radius 2 is 2.33 bits per heavy atom. The molecule has 0 bridgehead atoms. The molecule has 0 radical (unpaired) electrons. The Morgan fingerprint density at radius 3 is 2.78 bits per heavy atom. The van der Waals surface area contributed by atoms with E-state index in [1.165, 1.54) is 0 Å². The second-order valence-corrected chi connectivity index (χ2v) is 2.31. The molecule has 0 saturated heterocycles. The van der Waals surface area contributed by atoms with Gasteiger partial charge in [0, 0.05) is 11.9 Å². The number of hydrogen-bond acceptors (Lipinski definition) is 1. The molecular weight excluding hydrogens is 132 g/mol. The summed E-state index contributed by atoms with van der Waals surface area (Å²) in [5.41, 5.74) is 1.96. The molecule has 1 aliphatic rings. The largest absolute Gasteiger partial charge is 0.339 e. The van der Waals surface area contributed by atoms with Crippen molar-refractivity contribution in [2.24, 2.45) is 0 Å². The first-order chi connectivity index (χ1) is 4.20. The summed E-state index contributed by atoms with van der Waals surface area (Å²) >= 11 is 4.81. The Labute approximate surface area is 59.6 Å². The Hall–Kier alpha value is -0.830. The fourth-order valence-corrected chi connectivity index (χ4v) is 0.715. The number of nitrogens with one attached hydrogen (secondary N) is 2. The minimum absolute atomic E-state index is 0.616. The van der Waals surface area contributed by atoms with Crippen molar-refractivity contribution < 1.29 is 0 Å². The first kappa shape index (κ1) is 6.29. The Morgan fingerprint density at radius 1 is 1.67 bits per heavy atom. The molecule has 0 aromatic carbocycles. The standard InChI is InChI=1S/C6H8N2S/c1-4-3-7-6(9)8-5(4)2/h3H,2H2,1H3,(H2,7,8,9). The van der Waals surface area contributed by atoms with E-state index in [0.717, 1.165) is 11.3 Å². The first-order valence-corrected chi connectivity index (χ1v) is 3.04. The van der Waals surface area contributed by atoms with Gasteiger partial charge in [-0.2, -0.15) is 0 Å². The molecule has 0 amide bonds. The van der Waals surface area contributed by atoms with Gasteiger partial charge in [0.05, 0.1) is 0 Å². The van der Waals surface area contributed by atoms with Gasteiger partial charge in [0.15, 0.2) is 5.11 Å². The molecule has 0 saturated carbocycles. The van der Waals surface area contributed by atoms with Crippen LogP contribution in [-0.2, 0) is 0 Å². The summed E-state index contributed by atoms with van der Waals surface area (Å²) < 4.78 is 0. The van der Waals surface area contributed by atoms with Gasteiger partial charge < -0.3 is 10.6 Å². The second-order valence-electron chi connectivity index (χ2n) is 1.90. The minimum Gasteiger partial charge on any atom is -0.339 e. The van der Waals surface area contributed by atoms with Crippen molar-refractivity contribution in [1.29, 1.82) is 0 Å². The molecule has 0 atom stereocenters. The zero-order valence-electron chi connectivity index (χ0n) is 5.19. The molecule has 1 heterocycles. The third-order valence-electron chi connectivity index (χ3n) is 1.16. The van der Waals surface area contributed by atoms with E-state index in [0.29, 0.717) is 5.11 Å². The highest BCUT2D eigenvalue weighted by Crippen LogP contribution is 2.04. The van der Waals surface area contributed by atoms with Crippen LogP contribution >= 0.6 is 12.2 Å². The molecule has 2 nitrogen and oxygen atoms in total. The number of allylic oxidation sites excluding steroid dienone is 1. The molecule has 1 rings (SSSR count). The zero-order valence-corrected chi connectivity index (χ0v) is 6.01. The number of rotatable bonds is 0. The molecule has 0 fully saturated rings. The quantitative estimate of drug-likeness (QED) is 0.488. The molecule has 1 aliphatic heterocycles. The number of thiocarbonyl (C=S) groups is 1. The lowest BCUT2D eigenvalue weighted by Crippen LogP contribution is -2.35. The monoisotopic (exact) mass is 140 g/mol. The normalized spacial score (nSPS) is 18.1. The molecule has 0 spiro atoms. The van der Waals surface area contributed by atoms with Gasteiger partial charge in [-0.1, -0.05) is 6.58 Å². The topological polar surface area (TPSA) is 24.1 Å². The fraction of sp³-hybridized carbons (Fsp3) is 0.167. The summed E-state index contributed by atoms with van der Waals surface area (Å²) in [6.45, 7) is 5.70. The van der Waals surface area contributed by atoms with Gasteiger partial charge in [0.2, 0.25) is 0 Å². The van der Waals surface area contributed by atoms with Crippen LogP contribution in [0.2, 0.25) is 0 Å². The maximum absolute atomic E-state index is 4.81. The molecule has 0 aromatic heterocycles. The van der Waals surface area contributed by atoms with Gasteiger partial charge in [-0.05, 0) is 24.7 Å². The molecule has 0 aromatic rings. The third kappa shape index (κ3) is 1.29. The van der Waals surface area contributed by atoms with E-state index in [1.807, 2.05) is 13.1 Å². The summed E-state index contributed by atoms with van der Waals surface area (Å²) in [4.78, 5) is 0. The summed E-state index contributed by atoms with van der Waals surface area (Å²) in [6.07, 6.45) is 1.83. The van der Waals surface area contributed by atoms with Crippen LogP contribution in [0.1, 0.15) is 6.92 Å². The molecular formula is C6H8N2S. The number of hydrogen-bond donors (Lipinski definition) is 2. The lowest BCUT2D eigenvalue weighted by atomic mass is 10.2. The molecule has 0 aliphatic carbocycles. The predicted molar refractivity (Wildman–Crippen MR) is 41.8 cm³/mol. The lowest BCUT2D eigenvalue weighted by Gasteiger charge is -2.16. The Bertz CT molecular complexity index is 193. The van der Waals surface area contributed by atoms with E-state index >= 15 is 0 Å². The summed E-state index contributed by atoms with van der Waals surface area (Å²) in [5.74, 6) is 0. The van der Waals surface area contributed by atoms with Crippen molar-refractivity contribution in [3.63, 3.8) is 0 Å². The molecule has 0 unspecified atom stereocenters. The van der Waals surface area contributed by atoms with Gasteiger partial charge in [0.1, 0.15) is 0 Å². The third-order valence-corrected chi connectivity index (χ3v) is 1.38. The highest BCUT2D eigenvalue weighted by molar-refractivity contribution is 7.80. The van der Waals surface area contributed by atoms with Crippen molar-refractivity contribution in [2.75, 3.05) is 0 Å². The van der Waals surface area contributed by atoms with Crippen LogP contribution in [0.15, 0.2) is 24.0 Å². The van der Waals surface area contributed by atoms with Crippen LogP contribution < -0.4 is 10.6 Å². The summed E-state index contributed by atoms with van der Waals surface area (Å²) in [7, 11) is 0. The smallest absolute Gasteiger partial charge is 0.174 e. The SMILES string of the molecule is C=C1NC(=S)NC=C1C. The minimum atomic E-state index is 0.616. The zero-order chi connectivity index (χ0) is 6.85. The van der Waals surface area contributed by atoms with Crippen LogP contribution in [0.3, 0.4) is 0 Å². The van der Waals surface area contributed by atoms with E-state index in [9.17, 15) is 0 Å². The maximum atomic E-state index is 4.81. The van der Waals surface area contributed by atoms with Crippen LogP contribution in [-0.4, -0.2) is 5.11 Å². The van der Waals surface area contributed by atoms with Gasteiger partial charge >= 0.3 is 0 Å². The van der Waals surface area contributed by atoms with E-state index in [2.05, 4.69) is 17.2 Å². The Balaban J connectivity index is 2.79. The second kappa shape index (κ2) is 2.19. The Kier molecular flexibility index (Phi) is 1.53. The van der Waals surface area contributed by atoms with Crippen LogP contribution in [0.4, 0.5) is 0 Å². The molecule has 3 heteroatoms. The highest BCUT2D eigenvalue weighted by atomic mass is 32.1. The average Bonchev–Trinajstić information content (AvgIpc) is 1.80. The van der Waals surface area contributed by atoms with Crippen LogP contribution in [0.5, 0.6) is 0 Å². The highest BCUT2D eigenvalue weighted by Gasteiger charge is 2.03. The van der Waals surface area contributed by atoms with Crippen molar-refractivity contribution in [1.82, 2.24) is 10.6 Å². The lowest BCUT2D eigenvalue weighted by molar-refractivity contribution is 1.02. The molecule has 2 N–H and O–H groups in total. The molecule has 9 heavy (non-hydrogen) atoms. The van der Waals surface area contributed by atoms with Gasteiger partial charge in [-0.3, -0.25) is 0 Å². The first-order valence-electron chi connectivity index (χ1n) is 2.64. The van der Waals surface area contributed by atoms with Gasteiger partial charge in [-0.15, -0.1) is 0 Å². The van der Waals surface area contributed by atoms with Crippen LogP contribution in [0.25, 0.3) is 0 Å². The summed E-state index contributed by atoms with van der Waals surface area (Å²) in [6, 6.07) is 0. The summed E-state index contributed by atoms with van der Waals surface area (Å²) in [5, 5.41) is 6.36. The van der Waals surface area contributed by atoms with Crippen molar-refractivity contribution in [3.8, 4) is 0 Å². The van der Waals surface area contributed by atoms with E-state index in [-0.39, 0.29) is 0 Å². The van der Waals surface area contributed by atoms with Gasteiger partial charge in [0.25, 0.3) is 0 Å². The predicted octanol–water partition coefficient (Wildman–Crippen LogP) is 0.882. The van der Waals surface area contributed by atoms with E-state index < -0.39 is 0 Å². The van der Waals surface area contributed by atoms with Crippen molar-refractivity contribution in [3.05, 3.63) is 24.0 Å². The van der Waals surface area contributed by atoms with Crippen molar-refractivity contribution >= 4 is 17.3 Å². The maximum Gasteiger partial charge on any atom is 0.174 e. The van der Waals surface area contributed by atoms with E-state index in [4.69, 9.17) is 12.2 Å². The van der Waals surface area contributed by atoms with Crippen LogP contribution in [0, 0.1) is 0 Å². The van der Waals surface area contributed by atoms with E-state index in [1.54, 1.807) is 0 Å². The van der Waals surface area contributed by atoms with Gasteiger partial charge in [-0.25, -0.2) is 0 Å². The molecule has 48 valence electrons.